The zero-order chi connectivity index (χ0) is 14.7. The van der Waals surface area contributed by atoms with Gasteiger partial charge in [0.25, 0.3) is 0 Å². The van der Waals surface area contributed by atoms with Crippen LogP contribution < -0.4 is 10.6 Å². The fourth-order valence-electron chi connectivity index (χ4n) is 1.87. The number of carbonyl (C=O) groups excluding carboxylic acids is 1. The maximum Gasteiger partial charge on any atom is 0.325 e. The summed E-state index contributed by atoms with van der Waals surface area (Å²) in [4.78, 5) is 12.0. The molecule has 0 saturated carbocycles. The van der Waals surface area contributed by atoms with Crippen LogP contribution in [0.5, 0.6) is 0 Å². The van der Waals surface area contributed by atoms with Crippen LogP contribution in [-0.4, -0.2) is 26.0 Å². The number of anilines is 2. The van der Waals surface area contributed by atoms with E-state index in [9.17, 15) is 4.79 Å². The van der Waals surface area contributed by atoms with Crippen molar-refractivity contribution in [2.45, 2.75) is 40.7 Å². The lowest BCUT2D eigenvalue weighted by Crippen LogP contribution is -2.20. The Bertz CT molecular complexity index is 617. The quantitative estimate of drug-likeness (QED) is 0.907. The molecule has 8 heteroatoms. The molecule has 2 heterocycles. The highest BCUT2D eigenvalue weighted by Gasteiger charge is 2.14. The third kappa shape index (κ3) is 2.96. The first-order valence-electron chi connectivity index (χ1n) is 6.49. The number of aryl methyl sites for hydroxylation is 3. The van der Waals surface area contributed by atoms with Crippen LogP contribution in [0.1, 0.15) is 30.2 Å². The molecule has 0 aliphatic rings. The fraction of sp³-hybridized carbons (Fsp3) is 0.500. The Balaban J connectivity index is 2.06. The van der Waals surface area contributed by atoms with Crippen LogP contribution in [0, 0.1) is 13.8 Å². The number of hydrogen-bond acceptors (Lipinski definition) is 5. The maximum atomic E-state index is 12.0. The van der Waals surface area contributed by atoms with Crippen LogP contribution in [0.2, 0.25) is 0 Å². The Labute approximate surface area is 121 Å². The standard InChI is InChI=1S/C12H18N6OS/c1-5-9-15-16-12(20-9)14-11(19)13-10-7(3)17-18(6-2)8(10)4/h5-6H2,1-4H3,(H2,13,14,16,19). The number of carbonyl (C=O) groups is 1. The van der Waals surface area contributed by atoms with E-state index in [1.807, 2.05) is 32.4 Å². The van der Waals surface area contributed by atoms with Gasteiger partial charge in [-0.3, -0.25) is 10.00 Å². The lowest BCUT2D eigenvalue weighted by atomic mass is 10.3. The molecule has 0 fully saturated rings. The molecule has 2 N–H and O–H groups in total. The van der Waals surface area contributed by atoms with Crippen molar-refractivity contribution in [2.75, 3.05) is 10.6 Å². The molecule has 0 atom stereocenters. The van der Waals surface area contributed by atoms with Gasteiger partial charge in [0.2, 0.25) is 5.13 Å². The number of rotatable bonds is 4. The van der Waals surface area contributed by atoms with Crippen molar-refractivity contribution in [1.29, 1.82) is 0 Å². The lowest BCUT2D eigenvalue weighted by molar-refractivity contribution is 0.262. The Kier molecular flexibility index (Phi) is 4.33. The summed E-state index contributed by atoms with van der Waals surface area (Å²) in [6.45, 7) is 8.58. The Morgan fingerprint density at radius 2 is 2.00 bits per heavy atom. The fourth-order valence-corrected chi connectivity index (χ4v) is 2.55. The van der Waals surface area contributed by atoms with Gasteiger partial charge in [0.15, 0.2) is 0 Å². The van der Waals surface area contributed by atoms with Crippen LogP contribution >= 0.6 is 11.3 Å². The van der Waals surface area contributed by atoms with E-state index in [1.165, 1.54) is 11.3 Å². The Morgan fingerprint density at radius 1 is 1.25 bits per heavy atom. The predicted octanol–water partition coefficient (Wildman–Crippen LogP) is 2.58. The summed E-state index contributed by atoms with van der Waals surface area (Å²) < 4.78 is 1.85. The van der Waals surface area contributed by atoms with Gasteiger partial charge in [-0.1, -0.05) is 18.3 Å². The van der Waals surface area contributed by atoms with E-state index in [0.29, 0.717) is 5.13 Å². The summed E-state index contributed by atoms with van der Waals surface area (Å²) in [5, 5.41) is 19.1. The topological polar surface area (TPSA) is 84.7 Å². The average Bonchev–Trinajstić information content (AvgIpc) is 2.98. The molecule has 20 heavy (non-hydrogen) atoms. The summed E-state index contributed by atoms with van der Waals surface area (Å²) in [7, 11) is 0. The number of nitrogens with one attached hydrogen (secondary N) is 2. The smallest absolute Gasteiger partial charge is 0.304 e. The summed E-state index contributed by atoms with van der Waals surface area (Å²) in [5.41, 5.74) is 2.47. The van der Waals surface area contributed by atoms with Crippen molar-refractivity contribution in [2.24, 2.45) is 0 Å². The normalized spacial score (nSPS) is 10.6. The summed E-state index contributed by atoms with van der Waals surface area (Å²) >= 11 is 1.37. The molecular formula is C12H18N6OS. The zero-order valence-electron chi connectivity index (χ0n) is 12.0. The van der Waals surface area contributed by atoms with Gasteiger partial charge in [-0.2, -0.15) is 5.10 Å². The minimum atomic E-state index is -0.328. The first-order chi connectivity index (χ1) is 9.55. The SMILES string of the molecule is CCc1nnc(NC(=O)Nc2c(C)nn(CC)c2C)s1. The highest BCUT2D eigenvalue weighted by Crippen LogP contribution is 2.20. The van der Waals surface area contributed by atoms with Crippen LogP contribution in [0.4, 0.5) is 15.6 Å². The number of hydrogen-bond donors (Lipinski definition) is 2. The molecule has 2 amide bonds. The molecule has 2 aromatic rings. The summed E-state index contributed by atoms with van der Waals surface area (Å²) in [6.07, 6.45) is 0.808. The van der Waals surface area contributed by atoms with Crippen molar-refractivity contribution in [3.8, 4) is 0 Å². The molecule has 0 radical (unpaired) electrons. The highest BCUT2D eigenvalue weighted by molar-refractivity contribution is 7.15. The number of aromatic nitrogens is 4. The predicted molar refractivity (Wildman–Crippen MR) is 79.3 cm³/mol. The van der Waals surface area contributed by atoms with E-state index in [-0.39, 0.29) is 6.03 Å². The van der Waals surface area contributed by atoms with Gasteiger partial charge in [-0.15, -0.1) is 10.2 Å². The van der Waals surface area contributed by atoms with Crippen molar-refractivity contribution in [1.82, 2.24) is 20.0 Å². The summed E-state index contributed by atoms with van der Waals surface area (Å²) in [5.74, 6) is 0. The molecule has 0 bridgehead atoms. The van der Waals surface area contributed by atoms with E-state index in [1.54, 1.807) is 0 Å². The molecular weight excluding hydrogens is 276 g/mol. The Morgan fingerprint density at radius 3 is 2.55 bits per heavy atom. The minimum absolute atomic E-state index is 0.328. The van der Waals surface area contributed by atoms with Crippen LogP contribution in [0.15, 0.2) is 0 Å². The molecule has 108 valence electrons. The lowest BCUT2D eigenvalue weighted by Gasteiger charge is -2.05. The second-order valence-corrected chi connectivity index (χ2v) is 5.36. The minimum Gasteiger partial charge on any atom is -0.304 e. The number of amides is 2. The molecule has 7 nitrogen and oxygen atoms in total. The van der Waals surface area contributed by atoms with Crippen molar-refractivity contribution in [3.63, 3.8) is 0 Å². The van der Waals surface area contributed by atoms with E-state index >= 15 is 0 Å². The second kappa shape index (κ2) is 6.00. The van der Waals surface area contributed by atoms with Gasteiger partial charge in [0.1, 0.15) is 5.01 Å². The molecule has 0 aromatic carbocycles. The van der Waals surface area contributed by atoms with E-state index < -0.39 is 0 Å². The van der Waals surface area contributed by atoms with Gasteiger partial charge in [0, 0.05) is 6.54 Å². The monoisotopic (exact) mass is 294 g/mol. The van der Waals surface area contributed by atoms with E-state index in [2.05, 4.69) is 25.9 Å². The Hall–Kier alpha value is -1.96. The molecule has 0 aliphatic heterocycles. The highest BCUT2D eigenvalue weighted by atomic mass is 32.1. The molecule has 2 rings (SSSR count). The molecule has 0 aliphatic carbocycles. The van der Waals surface area contributed by atoms with E-state index in [0.717, 1.165) is 35.0 Å². The van der Waals surface area contributed by atoms with Gasteiger partial charge >= 0.3 is 6.03 Å². The first kappa shape index (κ1) is 14.4. The molecule has 2 aromatic heterocycles. The average molecular weight is 294 g/mol. The third-order valence-electron chi connectivity index (χ3n) is 2.91. The second-order valence-electron chi connectivity index (χ2n) is 4.30. The van der Waals surface area contributed by atoms with Crippen molar-refractivity contribution >= 4 is 28.2 Å². The molecule has 0 unspecified atom stereocenters. The van der Waals surface area contributed by atoms with Crippen LogP contribution in [0.3, 0.4) is 0 Å². The number of urea groups is 1. The maximum absolute atomic E-state index is 12.0. The number of nitrogens with zero attached hydrogens (tertiary/aromatic N) is 4. The van der Waals surface area contributed by atoms with E-state index in [4.69, 9.17) is 0 Å². The molecule has 0 saturated heterocycles. The van der Waals surface area contributed by atoms with Gasteiger partial charge in [-0.25, -0.2) is 4.79 Å². The van der Waals surface area contributed by atoms with Gasteiger partial charge in [-0.05, 0) is 27.2 Å². The molecule has 0 spiro atoms. The largest absolute Gasteiger partial charge is 0.325 e. The van der Waals surface area contributed by atoms with Crippen LogP contribution in [0.25, 0.3) is 0 Å². The van der Waals surface area contributed by atoms with Crippen molar-refractivity contribution < 1.29 is 4.79 Å². The summed E-state index contributed by atoms with van der Waals surface area (Å²) in [6, 6.07) is -0.328. The zero-order valence-corrected chi connectivity index (χ0v) is 12.8. The van der Waals surface area contributed by atoms with Crippen molar-refractivity contribution in [3.05, 3.63) is 16.4 Å². The third-order valence-corrected chi connectivity index (χ3v) is 3.89. The van der Waals surface area contributed by atoms with Gasteiger partial charge < -0.3 is 5.32 Å². The first-order valence-corrected chi connectivity index (χ1v) is 7.31. The van der Waals surface area contributed by atoms with Crippen LogP contribution in [-0.2, 0) is 13.0 Å². The van der Waals surface area contributed by atoms with Gasteiger partial charge in [0.05, 0.1) is 17.1 Å².